The predicted octanol–water partition coefficient (Wildman–Crippen LogP) is 1.78. The average Bonchev–Trinajstić information content (AvgIpc) is 2.28. The van der Waals surface area contributed by atoms with E-state index in [0.29, 0.717) is 5.82 Å². The number of anilines is 1. The van der Waals surface area contributed by atoms with Gasteiger partial charge in [0.1, 0.15) is 11.5 Å². The van der Waals surface area contributed by atoms with Gasteiger partial charge in [0.05, 0.1) is 0 Å². The minimum absolute atomic E-state index is 0.252. The molecule has 2 aromatic heterocycles. The zero-order valence-electron chi connectivity index (χ0n) is 10.0. The normalized spacial score (nSPS) is 10.5. The fourth-order valence-corrected chi connectivity index (χ4v) is 1.56. The summed E-state index contributed by atoms with van der Waals surface area (Å²) in [5.74, 6) is 1.52. The van der Waals surface area contributed by atoms with Crippen molar-refractivity contribution >= 4 is 5.95 Å². The van der Waals surface area contributed by atoms with Crippen molar-refractivity contribution in [1.29, 1.82) is 0 Å². The quantitative estimate of drug-likeness (QED) is 0.868. The van der Waals surface area contributed by atoms with Crippen molar-refractivity contribution in [2.75, 3.05) is 5.73 Å². The van der Waals surface area contributed by atoms with Crippen molar-refractivity contribution in [3.05, 3.63) is 29.7 Å². The lowest BCUT2D eigenvalue weighted by Crippen LogP contribution is -2.05. The average molecular weight is 229 g/mol. The molecule has 0 aliphatic carbocycles. The molecule has 0 radical (unpaired) electrons. The number of nitrogens with two attached hydrogens (primary N) is 1. The topological polar surface area (TPSA) is 77.6 Å². The number of hydrogen-bond acceptors (Lipinski definition) is 5. The van der Waals surface area contributed by atoms with Gasteiger partial charge in [-0.25, -0.2) is 9.97 Å². The third-order valence-corrected chi connectivity index (χ3v) is 2.29. The van der Waals surface area contributed by atoms with Gasteiger partial charge >= 0.3 is 0 Å². The molecule has 2 heterocycles. The van der Waals surface area contributed by atoms with Gasteiger partial charge in [-0.1, -0.05) is 13.0 Å². The number of nitrogen functional groups attached to an aromatic ring is 1. The Labute approximate surface area is 100 Å². The number of aryl methyl sites for hydroxylation is 2. The number of rotatable bonds is 3. The van der Waals surface area contributed by atoms with E-state index in [-0.39, 0.29) is 5.95 Å². The summed E-state index contributed by atoms with van der Waals surface area (Å²) < 4.78 is 0. The van der Waals surface area contributed by atoms with Crippen LogP contribution in [0.4, 0.5) is 5.95 Å². The molecular weight excluding hydrogens is 214 g/mol. The summed E-state index contributed by atoms with van der Waals surface area (Å²) in [6.07, 6.45) is 1.77. The van der Waals surface area contributed by atoms with E-state index in [1.54, 1.807) is 0 Å². The second kappa shape index (κ2) is 4.86. The lowest BCUT2D eigenvalue weighted by atomic mass is 10.3. The zero-order chi connectivity index (χ0) is 12.3. The maximum atomic E-state index is 5.68. The third-order valence-electron chi connectivity index (χ3n) is 2.29. The van der Waals surface area contributed by atoms with E-state index in [2.05, 4.69) is 26.9 Å². The van der Waals surface area contributed by atoms with Crippen LogP contribution in [0.15, 0.2) is 18.2 Å². The van der Waals surface area contributed by atoms with Gasteiger partial charge in [0.25, 0.3) is 0 Å². The molecule has 5 heteroatoms. The van der Waals surface area contributed by atoms with Crippen LogP contribution in [-0.4, -0.2) is 19.9 Å². The largest absolute Gasteiger partial charge is 0.368 e. The van der Waals surface area contributed by atoms with E-state index in [0.717, 1.165) is 30.1 Å². The Kier molecular flexibility index (Phi) is 3.27. The Hall–Kier alpha value is -2.04. The van der Waals surface area contributed by atoms with Gasteiger partial charge in [0.2, 0.25) is 5.95 Å². The number of hydrogen-bond donors (Lipinski definition) is 1. The lowest BCUT2D eigenvalue weighted by Gasteiger charge is -2.04. The molecular formula is C12H15N5. The van der Waals surface area contributed by atoms with Crippen LogP contribution < -0.4 is 5.73 Å². The summed E-state index contributed by atoms with van der Waals surface area (Å²) >= 11 is 0. The van der Waals surface area contributed by atoms with Crippen molar-refractivity contribution < 1.29 is 0 Å². The molecule has 5 nitrogen and oxygen atoms in total. The van der Waals surface area contributed by atoms with Gasteiger partial charge < -0.3 is 5.73 Å². The Morgan fingerprint density at radius 2 is 1.94 bits per heavy atom. The maximum absolute atomic E-state index is 5.68. The highest BCUT2D eigenvalue weighted by Gasteiger charge is 2.07. The van der Waals surface area contributed by atoms with Crippen LogP contribution in [0.2, 0.25) is 0 Å². The summed E-state index contributed by atoms with van der Waals surface area (Å²) in [6, 6.07) is 5.73. The summed E-state index contributed by atoms with van der Waals surface area (Å²) in [7, 11) is 0. The molecule has 0 saturated carbocycles. The highest BCUT2D eigenvalue weighted by molar-refractivity contribution is 5.50. The minimum atomic E-state index is 0.252. The first-order valence-corrected chi connectivity index (χ1v) is 5.63. The van der Waals surface area contributed by atoms with Gasteiger partial charge in [-0.15, -0.1) is 0 Å². The van der Waals surface area contributed by atoms with Crippen LogP contribution in [0.5, 0.6) is 0 Å². The molecule has 0 bridgehead atoms. The van der Waals surface area contributed by atoms with Crippen LogP contribution in [0.3, 0.4) is 0 Å². The molecule has 0 unspecified atom stereocenters. The minimum Gasteiger partial charge on any atom is -0.368 e. The van der Waals surface area contributed by atoms with Crippen LogP contribution in [-0.2, 0) is 6.42 Å². The molecule has 0 atom stereocenters. The molecule has 0 amide bonds. The van der Waals surface area contributed by atoms with E-state index in [1.807, 2.05) is 25.1 Å². The molecule has 0 aliphatic rings. The fourth-order valence-electron chi connectivity index (χ4n) is 1.56. The summed E-state index contributed by atoms with van der Waals surface area (Å²) in [4.78, 5) is 17.0. The fraction of sp³-hybridized carbons (Fsp3) is 0.333. The molecule has 2 aromatic rings. The second-order valence-electron chi connectivity index (χ2n) is 3.85. The molecule has 0 spiro atoms. The lowest BCUT2D eigenvalue weighted by molar-refractivity contribution is 0.823. The van der Waals surface area contributed by atoms with E-state index in [9.17, 15) is 0 Å². The van der Waals surface area contributed by atoms with Gasteiger partial charge in [0, 0.05) is 12.1 Å². The van der Waals surface area contributed by atoms with Gasteiger partial charge in [-0.2, -0.15) is 9.97 Å². The highest BCUT2D eigenvalue weighted by atomic mass is 15.1. The number of pyridine rings is 1. The Morgan fingerprint density at radius 1 is 1.12 bits per heavy atom. The van der Waals surface area contributed by atoms with Crippen LogP contribution in [0, 0.1) is 6.92 Å². The van der Waals surface area contributed by atoms with Crippen LogP contribution in [0.25, 0.3) is 11.5 Å². The van der Waals surface area contributed by atoms with Crippen molar-refractivity contribution in [3.63, 3.8) is 0 Å². The first-order chi connectivity index (χ1) is 8.19. The summed E-state index contributed by atoms with van der Waals surface area (Å²) in [5.41, 5.74) is 7.34. The van der Waals surface area contributed by atoms with Crippen molar-refractivity contribution in [2.45, 2.75) is 26.7 Å². The number of nitrogens with zero attached hydrogens (tertiary/aromatic N) is 4. The van der Waals surface area contributed by atoms with Crippen molar-refractivity contribution in [1.82, 2.24) is 19.9 Å². The molecule has 2 N–H and O–H groups in total. The van der Waals surface area contributed by atoms with Gasteiger partial charge in [-0.3, -0.25) is 0 Å². The standard InChI is InChI=1S/C12H15N5/c1-3-5-10-15-11(17-12(13)16-10)9-7-4-6-8(2)14-9/h4,6-7H,3,5H2,1-2H3,(H2,13,15,16,17). The van der Waals surface area contributed by atoms with Crippen LogP contribution in [0.1, 0.15) is 24.9 Å². The van der Waals surface area contributed by atoms with Crippen molar-refractivity contribution in [2.24, 2.45) is 0 Å². The van der Waals surface area contributed by atoms with Gasteiger partial charge in [0.15, 0.2) is 5.82 Å². The Balaban J connectivity index is 2.44. The maximum Gasteiger partial charge on any atom is 0.223 e. The van der Waals surface area contributed by atoms with E-state index >= 15 is 0 Å². The van der Waals surface area contributed by atoms with Crippen molar-refractivity contribution in [3.8, 4) is 11.5 Å². The third kappa shape index (κ3) is 2.75. The summed E-state index contributed by atoms with van der Waals surface area (Å²) in [6.45, 7) is 4.01. The SMILES string of the molecule is CCCc1nc(N)nc(-c2cccc(C)n2)n1. The first kappa shape index (κ1) is 11.4. The molecule has 0 aromatic carbocycles. The first-order valence-electron chi connectivity index (χ1n) is 5.63. The zero-order valence-corrected chi connectivity index (χ0v) is 10.0. The van der Waals surface area contributed by atoms with Gasteiger partial charge in [-0.05, 0) is 25.5 Å². The molecule has 17 heavy (non-hydrogen) atoms. The summed E-state index contributed by atoms with van der Waals surface area (Å²) in [5, 5.41) is 0. The highest BCUT2D eigenvalue weighted by Crippen LogP contribution is 2.13. The van der Waals surface area contributed by atoms with Crippen LogP contribution >= 0.6 is 0 Å². The number of aromatic nitrogens is 4. The molecule has 0 saturated heterocycles. The molecule has 2 rings (SSSR count). The predicted molar refractivity (Wildman–Crippen MR) is 66.2 cm³/mol. The van der Waals surface area contributed by atoms with E-state index in [4.69, 9.17) is 5.73 Å². The smallest absolute Gasteiger partial charge is 0.223 e. The van der Waals surface area contributed by atoms with E-state index in [1.165, 1.54) is 0 Å². The second-order valence-corrected chi connectivity index (χ2v) is 3.85. The molecule has 0 fully saturated rings. The molecule has 0 aliphatic heterocycles. The monoisotopic (exact) mass is 229 g/mol. The Morgan fingerprint density at radius 3 is 2.65 bits per heavy atom. The Bertz CT molecular complexity index is 524. The van der Waals surface area contributed by atoms with E-state index < -0.39 is 0 Å². The molecule has 88 valence electrons.